The highest BCUT2D eigenvalue weighted by atomic mass is 79.9. The Bertz CT molecular complexity index is 572. The van der Waals surface area contributed by atoms with E-state index < -0.39 is 0 Å². The molecular weight excluding hydrogens is 313 g/mol. The van der Waals surface area contributed by atoms with Crippen molar-refractivity contribution in [2.45, 2.75) is 13.3 Å². The van der Waals surface area contributed by atoms with Gasteiger partial charge in [-0.05, 0) is 18.6 Å². The van der Waals surface area contributed by atoms with Gasteiger partial charge in [-0.1, -0.05) is 22.9 Å². The normalized spacial score (nSPS) is 10.3. The quantitative estimate of drug-likeness (QED) is 0.929. The Labute approximate surface area is 119 Å². The van der Waals surface area contributed by atoms with E-state index in [0.717, 1.165) is 5.56 Å². The lowest BCUT2D eigenvalue weighted by molar-refractivity contribution is 0.451. The van der Waals surface area contributed by atoms with Crippen LogP contribution >= 0.6 is 15.9 Å². The smallest absolute Gasteiger partial charge is 0.227 e. The van der Waals surface area contributed by atoms with E-state index in [1.165, 1.54) is 18.5 Å². The molecule has 2 aromatic rings. The summed E-state index contributed by atoms with van der Waals surface area (Å²) in [4.78, 5) is 8.22. The highest BCUT2D eigenvalue weighted by molar-refractivity contribution is 9.10. The summed E-state index contributed by atoms with van der Waals surface area (Å²) >= 11 is 3.22. The number of nitrogens with one attached hydrogen (secondary N) is 1. The van der Waals surface area contributed by atoms with Gasteiger partial charge in [-0.3, -0.25) is 0 Å². The van der Waals surface area contributed by atoms with E-state index in [1.807, 2.05) is 6.92 Å². The number of anilines is 1. The Hall–Kier alpha value is -1.69. The molecule has 100 valence electrons. The predicted molar refractivity (Wildman–Crippen MR) is 75.1 cm³/mol. The minimum Gasteiger partial charge on any atom is -0.438 e. The van der Waals surface area contributed by atoms with Crippen molar-refractivity contribution in [1.82, 2.24) is 9.97 Å². The first-order chi connectivity index (χ1) is 9.13. The van der Waals surface area contributed by atoms with E-state index in [1.54, 1.807) is 13.1 Å². The molecule has 0 radical (unpaired) electrons. The van der Waals surface area contributed by atoms with Gasteiger partial charge in [-0.15, -0.1) is 0 Å². The van der Waals surface area contributed by atoms with Crippen molar-refractivity contribution in [1.29, 1.82) is 0 Å². The third-order valence-corrected chi connectivity index (χ3v) is 3.00. The summed E-state index contributed by atoms with van der Waals surface area (Å²) in [5.41, 5.74) is 0.852. The second-order valence-electron chi connectivity index (χ2n) is 3.82. The maximum Gasteiger partial charge on any atom is 0.227 e. The molecule has 0 unspecified atom stereocenters. The van der Waals surface area contributed by atoms with Crippen molar-refractivity contribution in [2.75, 3.05) is 12.4 Å². The van der Waals surface area contributed by atoms with E-state index in [4.69, 9.17) is 4.74 Å². The van der Waals surface area contributed by atoms with Crippen molar-refractivity contribution in [3.8, 4) is 11.6 Å². The van der Waals surface area contributed by atoms with Crippen LogP contribution in [0.4, 0.5) is 10.2 Å². The van der Waals surface area contributed by atoms with Crippen LogP contribution in [0.15, 0.2) is 29.0 Å². The zero-order valence-electron chi connectivity index (χ0n) is 10.6. The van der Waals surface area contributed by atoms with Crippen molar-refractivity contribution in [3.05, 3.63) is 40.4 Å². The standard InChI is InChI=1S/C13H13BrFN3O/c1-3-11-12(16-2)17-7-18-13(11)19-10-5-8(14)4-9(15)6-10/h4-7H,3H2,1-2H3,(H,16,17,18). The molecular formula is C13H13BrFN3O. The third-order valence-electron chi connectivity index (χ3n) is 2.55. The van der Waals surface area contributed by atoms with Gasteiger partial charge in [0.15, 0.2) is 0 Å². The van der Waals surface area contributed by atoms with Gasteiger partial charge in [0, 0.05) is 17.6 Å². The topological polar surface area (TPSA) is 47.0 Å². The number of hydrogen-bond acceptors (Lipinski definition) is 4. The maximum absolute atomic E-state index is 13.3. The van der Waals surface area contributed by atoms with Crippen LogP contribution in [-0.4, -0.2) is 17.0 Å². The number of nitrogens with zero attached hydrogens (tertiary/aromatic N) is 2. The Morgan fingerprint density at radius 1 is 1.32 bits per heavy atom. The van der Waals surface area contributed by atoms with Crippen molar-refractivity contribution >= 4 is 21.7 Å². The molecule has 19 heavy (non-hydrogen) atoms. The first-order valence-electron chi connectivity index (χ1n) is 5.79. The fraction of sp³-hybridized carbons (Fsp3) is 0.231. The van der Waals surface area contributed by atoms with E-state index >= 15 is 0 Å². The predicted octanol–water partition coefficient (Wildman–Crippen LogP) is 3.77. The average Bonchev–Trinajstić information content (AvgIpc) is 2.37. The Balaban J connectivity index is 2.37. The average molecular weight is 326 g/mol. The SMILES string of the molecule is CCc1c(NC)ncnc1Oc1cc(F)cc(Br)c1. The molecule has 0 bridgehead atoms. The molecule has 0 aliphatic carbocycles. The van der Waals surface area contributed by atoms with Crippen molar-refractivity contribution in [2.24, 2.45) is 0 Å². The number of hydrogen-bond donors (Lipinski definition) is 1. The van der Waals surface area contributed by atoms with Crippen LogP contribution in [0.1, 0.15) is 12.5 Å². The molecule has 1 N–H and O–H groups in total. The second kappa shape index (κ2) is 5.97. The fourth-order valence-corrected chi connectivity index (χ4v) is 2.16. The van der Waals surface area contributed by atoms with Gasteiger partial charge in [0.05, 0.1) is 5.56 Å². The zero-order valence-corrected chi connectivity index (χ0v) is 12.2. The molecule has 0 fully saturated rings. The van der Waals surface area contributed by atoms with Crippen LogP contribution in [0.25, 0.3) is 0 Å². The van der Waals surface area contributed by atoms with Crippen molar-refractivity contribution < 1.29 is 9.13 Å². The molecule has 0 aliphatic rings. The largest absolute Gasteiger partial charge is 0.438 e. The molecule has 4 nitrogen and oxygen atoms in total. The molecule has 0 aliphatic heterocycles. The minimum absolute atomic E-state index is 0.370. The molecule has 0 amide bonds. The molecule has 0 atom stereocenters. The van der Waals surface area contributed by atoms with Crippen LogP contribution in [0.5, 0.6) is 11.6 Å². The van der Waals surface area contributed by atoms with Gasteiger partial charge in [0.1, 0.15) is 23.7 Å². The van der Waals surface area contributed by atoms with Gasteiger partial charge >= 0.3 is 0 Å². The van der Waals surface area contributed by atoms with Crippen LogP contribution in [-0.2, 0) is 6.42 Å². The second-order valence-corrected chi connectivity index (χ2v) is 4.73. The van der Waals surface area contributed by atoms with Crippen molar-refractivity contribution in [3.63, 3.8) is 0 Å². The molecule has 1 aromatic heterocycles. The summed E-state index contributed by atoms with van der Waals surface area (Å²) in [6.07, 6.45) is 2.12. The number of ether oxygens (including phenoxy) is 1. The highest BCUT2D eigenvalue weighted by Crippen LogP contribution is 2.29. The van der Waals surface area contributed by atoms with Gasteiger partial charge in [0.25, 0.3) is 0 Å². The number of rotatable bonds is 4. The number of halogens is 2. The van der Waals surface area contributed by atoms with Gasteiger partial charge in [0.2, 0.25) is 5.88 Å². The summed E-state index contributed by atoms with van der Waals surface area (Å²) in [6, 6.07) is 4.36. The maximum atomic E-state index is 13.3. The Morgan fingerprint density at radius 2 is 2.11 bits per heavy atom. The van der Waals surface area contributed by atoms with Crippen LogP contribution in [0.2, 0.25) is 0 Å². The first-order valence-corrected chi connectivity index (χ1v) is 6.59. The van der Waals surface area contributed by atoms with Crippen LogP contribution in [0.3, 0.4) is 0 Å². The fourth-order valence-electron chi connectivity index (χ4n) is 1.72. The molecule has 0 saturated carbocycles. The Kier molecular flexibility index (Phi) is 4.31. The number of aromatic nitrogens is 2. The molecule has 1 aromatic carbocycles. The van der Waals surface area contributed by atoms with E-state index in [-0.39, 0.29) is 5.82 Å². The highest BCUT2D eigenvalue weighted by Gasteiger charge is 2.11. The molecule has 2 rings (SSSR count). The van der Waals surface area contributed by atoms with E-state index in [0.29, 0.717) is 28.3 Å². The molecule has 6 heteroatoms. The van der Waals surface area contributed by atoms with E-state index in [9.17, 15) is 4.39 Å². The monoisotopic (exact) mass is 325 g/mol. The lowest BCUT2D eigenvalue weighted by Gasteiger charge is -2.12. The summed E-state index contributed by atoms with van der Waals surface area (Å²) in [6.45, 7) is 1.98. The third kappa shape index (κ3) is 3.20. The van der Waals surface area contributed by atoms with Gasteiger partial charge in [-0.25, -0.2) is 14.4 Å². The summed E-state index contributed by atoms with van der Waals surface area (Å²) in [5, 5.41) is 2.98. The van der Waals surface area contributed by atoms with Gasteiger partial charge in [-0.2, -0.15) is 0 Å². The summed E-state index contributed by atoms with van der Waals surface area (Å²) in [7, 11) is 1.78. The zero-order chi connectivity index (χ0) is 13.8. The summed E-state index contributed by atoms with van der Waals surface area (Å²) in [5.74, 6) is 1.16. The number of benzene rings is 1. The lowest BCUT2D eigenvalue weighted by Crippen LogP contribution is -2.02. The first kappa shape index (κ1) is 13.7. The Morgan fingerprint density at radius 3 is 2.74 bits per heavy atom. The molecule has 1 heterocycles. The molecule has 0 spiro atoms. The van der Waals surface area contributed by atoms with Crippen LogP contribution in [0, 0.1) is 5.82 Å². The lowest BCUT2D eigenvalue weighted by atomic mass is 10.2. The molecule has 0 saturated heterocycles. The van der Waals surface area contributed by atoms with Gasteiger partial charge < -0.3 is 10.1 Å². The van der Waals surface area contributed by atoms with Crippen LogP contribution < -0.4 is 10.1 Å². The summed E-state index contributed by atoms with van der Waals surface area (Å²) < 4.78 is 19.6. The van der Waals surface area contributed by atoms with E-state index in [2.05, 4.69) is 31.2 Å². The minimum atomic E-state index is -0.370.